The van der Waals surface area contributed by atoms with Gasteiger partial charge in [-0.1, -0.05) is 6.58 Å². The number of ether oxygens (including phenoxy) is 1. The summed E-state index contributed by atoms with van der Waals surface area (Å²) in [7, 11) is 0. The summed E-state index contributed by atoms with van der Waals surface area (Å²) in [6, 6.07) is 6.72. The van der Waals surface area contributed by atoms with Gasteiger partial charge in [-0.2, -0.15) is 0 Å². The number of fused-ring (bicyclic) bond motifs is 1. The van der Waals surface area contributed by atoms with Gasteiger partial charge in [0, 0.05) is 29.2 Å². The Labute approximate surface area is 172 Å². The van der Waals surface area contributed by atoms with E-state index < -0.39 is 17.5 Å². The summed E-state index contributed by atoms with van der Waals surface area (Å²) < 4.78 is 47.4. The van der Waals surface area contributed by atoms with Gasteiger partial charge >= 0.3 is 0 Å². The Kier molecular flexibility index (Phi) is 5.61. The van der Waals surface area contributed by atoms with Crippen LogP contribution in [0.3, 0.4) is 0 Å². The molecule has 1 heterocycles. The zero-order valence-electron chi connectivity index (χ0n) is 16.3. The van der Waals surface area contributed by atoms with E-state index in [1.807, 2.05) is 6.07 Å². The second kappa shape index (κ2) is 8.34. The molecule has 0 radical (unpaired) electrons. The lowest BCUT2D eigenvalue weighted by molar-refractivity contribution is -0.112. The average Bonchev–Trinajstić information content (AvgIpc) is 2.73. The molecule has 2 aromatic carbocycles. The largest absolute Gasteiger partial charge is 0.490 e. The van der Waals surface area contributed by atoms with E-state index >= 15 is 0 Å². The number of carbonyl (C=O) groups excluding carboxylic acids is 1. The number of aldehydes is 1. The van der Waals surface area contributed by atoms with Gasteiger partial charge < -0.3 is 14.4 Å². The van der Waals surface area contributed by atoms with Gasteiger partial charge in [0.2, 0.25) is 0 Å². The minimum atomic E-state index is -0.959. The van der Waals surface area contributed by atoms with Crippen molar-refractivity contribution in [2.75, 3.05) is 4.90 Å². The number of halogens is 3. The lowest BCUT2D eigenvalue weighted by Gasteiger charge is -2.29. The number of aliphatic imine (C=N–C) groups is 1. The fraction of sp³-hybridized carbons (Fsp3) is 0.304. The summed E-state index contributed by atoms with van der Waals surface area (Å²) in [5.41, 5.74) is 1.64. The normalized spacial score (nSPS) is 20.8. The van der Waals surface area contributed by atoms with Crippen LogP contribution in [0.15, 0.2) is 41.9 Å². The highest BCUT2D eigenvalue weighted by Crippen LogP contribution is 2.36. The zero-order chi connectivity index (χ0) is 21.3. The predicted octanol–water partition coefficient (Wildman–Crippen LogP) is 5.26. The van der Waals surface area contributed by atoms with E-state index in [4.69, 9.17) is 4.74 Å². The number of hydrogen-bond acceptors (Lipinski definition) is 4. The van der Waals surface area contributed by atoms with Gasteiger partial charge in [-0.3, -0.25) is 0 Å². The summed E-state index contributed by atoms with van der Waals surface area (Å²) in [6.45, 7) is 3.79. The van der Waals surface area contributed by atoms with Crippen molar-refractivity contribution in [2.24, 2.45) is 10.9 Å². The Morgan fingerprint density at radius 3 is 2.47 bits per heavy atom. The van der Waals surface area contributed by atoms with E-state index in [1.54, 1.807) is 17.0 Å². The predicted molar refractivity (Wildman–Crippen MR) is 109 cm³/mol. The highest BCUT2D eigenvalue weighted by Gasteiger charge is 2.24. The minimum absolute atomic E-state index is 0.0399. The molecule has 0 bridgehead atoms. The molecule has 4 rings (SSSR count). The smallest absolute Gasteiger partial charge is 0.134 e. The Balaban J connectivity index is 1.54. The molecule has 0 amide bonds. The van der Waals surface area contributed by atoms with Gasteiger partial charge in [0.05, 0.1) is 30.4 Å². The number of rotatable bonds is 5. The van der Waals surface area contributed by atoms with E-state index in [9.17, 15) is 18.0 Å². The fourth-order valence-corrected chi connectivity index (χ4v) is 3.90. The lowest BCUT2D eigenvalue weighted by Crippen LogP contribution is -2.26. The average molecular weight is 414 g/mol. The Morgan fingerprint density at radius 1 is 1.10 bits per heavy atom. The molecule has 7 heteroatoms. The van der Waals surface area contributed by atoms with Crippen molar-refractivity contribution >= 4 is 24.0 Å². The first kappa shape index (κ1) is 20.2. The highest BCUT2D eigenvalue weighted by atomic mass is 19.1. The number of benzene rings is 2. The lowest BCUT2D eigenvalue weighted by atomic mass is 9.88. The molecule has 2 aromatic rings. The molecule has 0 saturated heterocycles. The van der Waals surface area contributed by atoms with Crippen molar-refractivity contribution in [1.82, 2.24) is 0 Å². The summed E-state index contributed by atoms with van der Waals surface area (Å²) in [5.74, 6) is -2.08. The van der Waals surface area contributed by atoms with Gasteiger partial charge in [-0.15, -0.1) is 0 Å². The molecule has 1 saturated carbocycles. The number of carbonyl (C=O) groups is 1. The fourth-order valence-electron chi connectivity index (χ4n) is 3.90. The summed E-state index contributed by atoms with van der Waals surface area (Å²) in [4.78, 5) is 16.7. The summed E-state index contributed by atoms with van der Waals surface area (Å²) in [6.07, 6.45) is 5.77. The summed E-state index contributed by atoms with van der Waals surface area (Å²) in [5, 5.41) is 0. The van der Waals surface area contributed by atoms with Crippen molar-refractivity contribution in [3.8, 4) is 5.75 Å². The molecule has 0 N–H and O–H groups in total. The Bertz CT molecular complexity index is 990. The molecule has 0 spiro atoms. The van der Waals surface area contributed by atoms with Crippen molar-refractivity contribution in [2.45, 2.75) is 38.3 Å². The quantitative estimate of drug-likeness (QED) is 0.627. The first-order chi connectivity index (χ1) is 14.4. The number of anilines is 1. The second-order valence-corrected chi connectivity index (χ2v) is 7.64. The molecule has 1 fully saturated rings. The third-order valence-corrected chi connectivity index (χ3v) is 5.59. The highest BCUT2D eigenvalue weighted by molar-refractivity contribution is 5.94. The van der Waals surface area contributed by atoms with E-state index in [0.29, 0.717) is 34.8 Å². The van der Waals surface area contributed by atoms with Gasteiger partial charge in [-0.25, -0.2) is 18.2 Å². The van der Waals surface area contributed by atoms with E-state index in [0.717, 1.165) is 32.0 Å². The first-order valence-corrected chi connectivity index (χ1v) is 9.84. The van der Waals surface area contributed by atoms with Crippen LogP contribution in [-0.4, -0.2) is 18.7 Å². The van der Waals surface area contributed by atoms with Crippen molar-refractivity contribution in [3.63, 3.8) is 0 Å². The zero-order valence-corrected chi connectivity index (χ0v) is 16.3. The maximum Gasteiger partial charge on any atom is 0.134 e. The topological polar surface area (TPSA) is 41.9 Å². The van der Waals surface area contributed by atoms with Gasteiger partial charge in [0.1, 0.15) is 29.5 Å². The van der Waals surface area contributed by atoms with Crippen molar-refractivity contribution in [1.29, 1.82) is 0 Å². The number of hydrogen-bond donors (Lipinski definition) is 0. The second-order valence-electron chi connectivity index (χ2n) is 7.64. The van der Waals surface area contributed by atoms with Gasteiger partial charge in [-0.05, 0) is 43.9 Å². The minimum Gasteiger partial charge on any atom is -0.490 e. The maximum absolute atomic E-state index is 14.1. The van der Waals surface area contributed by atoms with E-state index in [2.05, 4.69) is 11.6 Å². The Hall–Kier alpha value is -3.09. The molecular weight excluding hydrogens is 393 g/mol. The SMILES string of the molecule is C=C1N=CN(Cc2c(F)cc(F)cc2F)c2ccc(OC3CCC(C=O)CC3)cc21. The molecule has 4 nitrogen and oxygen atoms in total. The van der Waals surface area contributed by atoms with E-state index in [1.165, 1.54) is 6.34 Å². The van der Waals surface area contributed by atoms with Crippen molar-refractivity contribution in [3.05, 3.63) is 65.5 Å². The van der Waals surface area contributed by atoms with Crippen LogP contribution in [0.5, 0.6) is 5.75 Å². The van der Waals surface area contributed by atoms with Crippen LogP contribution in [0, 0.1) is 23.4 Å². The number of nitrogens with zero attached hydrogens (tertiary/aromatic N) is 2. The molecule has 156 valence electrons. The summed E-state index contributed by atoms with van der Waals surface area (Å²) >= 11 is 0. The van der Waals surface area contributed by atoms with E-state index in [-0.39, 0.29) is 24.1 Å². The Morgan fingerprint density at radius 2 is 1.80 bits per heavy atom. The van der Waals surface area contributed by atoms with Gasteiger partial charge in [0.25, 0.3) is 0 Å². The van der Waals surface area contributed by atoms with Crippen LogP contribution in [0.25, 0.3) is 5.70 Å². The molecule has 0 aromatic heterocycles. The van der Waals surface area contributed by atoms with Crippen LogP contribution in [0.2, 0.25) is 0 Å². The molecule has 1 aliphatic carbocycles. The third kappa shape index (κ3) is 4.10. The molecule has 2 aliphatic rings. The monoisotopic (exact) mass is 414 g/mol. The first-order valence-electron chi connectivity index (χ1n) is 9.84. The van der Waals surface area contributed by atoms with Gasteiger partial charge in [0.15, 0.2) is 0 Å². The molecule has 0 unspecified atom stereocenters. The van der Waals surface area contributed by atoms with Crippen LogP contribution >= 0.6 is 0 Å². The van der Waals surface area contributed by atoms with Crippen LogP contribution < -0.4 is 9.64 Å². The van der Waals surface area contributed by atoms with Crippen LogP contribution in [-0.2, 0) is 11.3 Å². The van der Waals surface area contributed by atoms with Crippen LogP contribution in [0.4, 0.5) is 18.9 Å². The molecule has 30 heavy (non-hydrogen) atoms. The van der Waals surface area contributed by atoms with Crippen molar-refractivity contribution < 1.29 is 22.7 Å². The molecule has 1 aliphatic heterocycles. The third-order valence-electron chi connectivity index (χ3n) is 5.59. The molecule has 0 atom stereocenters. The standard InChI is InChI=1S/C23H21F3N2O2/c1-14-19-10-18(30-17-4-2-15(12-29)3-5-17)6-7-23(19)28(13-27-14)11-20-21(25)8-16(24)9-22(20)26/h6-10,12-13,15,17H,1-5,11H2. The molecular formula is C23H21F3N2O2. The maximum atomic E-state index is 14.1. The van der Waals surface area contributed by atoms with Crippen LogP contribution in [0.1, 0.15) is 36.8 Å².